The van der Waals surface area contributed by atoms with E-state index in [0.717, 1.165) is 27.7 Å². The molecule has 2 heterocycles. The number of aromatic hydroxyl groups is 1. The number of aromatic nitrogens is 2. The van der Waals surface area contributed by atoms with Gasteiger partial charge in [0.05, 0.1) is 4.47 Å². The lowest BCUT2D eigenvalue weighted by Gasteiger charge is -2.17. The Morgan fingerprint density at radius 1 is 1.21 bits per heavy atom. The van der Waals surface area contributed by atoms with Gasteiger partial charge in [-0.15, -0.1) is 0 Å². The van der Waals surface area contributed by atoms with E-state index in [9.17, 15) is 9.90 Å². The van der Waals surface area contributed by atoms with Gasteiger partial charge in [-0.1, -0.05) is 18.2 Å². The molecule has 0 fully saturated rings. The number of phenolic OH excluding ortho intramolecular Hbond substituents is 1. The molecule has 0 atom stereocenters. The monoisotopic (exact) mass is 453 g/mol. The molecule has 29 heavy (non-hydrogen) atoms. The Morgan fingerprint density at radius 2 is 2.07 bits per heavy atom. The predicted octanol–water partition coefficient (Wildman–Crippen LogP) is 3.63. The molecule has 1 amide bonds. The van der Waals surface area contributed by atoms with Gasteiger partial charge in [0.25, 0.3) is 5.91 Å². The summed E-state index contributed by atoms with van der Waals surface area (Å²) in [6, 6.07) is 12.9. The highest BCUT2D eigenvalue weighted by Gasteiger charge is 2.16. The van der Waals surface area contributed by atoms with Crippen molar-refractivity contribution >= 4 is 39.3 Å². The van der Waals surface area contributed by atoms with Crippen molar-refractivity contribution in [2.75, 3.05) is 23.7 Å². The minimum Gasteiger partial charge on any atom is -0.508 e. The van der Waals surface area contributed by atoms with Crippen LogP contribution in [0.1, 0.15) is 21.5 Å². The molecule has 1 aliphatic heterocycles. The fourth-order valence-corrected chi connectivity index (χ4v) is 3.56. The second kappa shape index (κ2) is 8.48. The number of carbonyl (C=O) groups is 1. The third-order valence-corrected chi connectivity index (χ3v) is 5.29. The minimum atomic E-state index is -0.0337. The minimum absolute atomic E-state index is 0.0337. The van der Waals surface area contributed by atoms with Crippen molar-refractivity contribution < 1.29 is 9.90 Å². The number of benzene rings is 2. The zero-order valence-corrected chi connectivity index (χ0v) is 17.2. The van der Waals surface area contributed by atoms with E-state index in [1.165, 1.54) is 0 Å². The van der Waals surface area contributed by atoms with Gasteiger partial charge in [-0.05, 0) is 64.2 Å². The van der Waals surface area contributed by atoms with E-state index in [-0.39, 0.29) is 5.91 Å². The molecule has 0 bridgehead atoms. The number of nitrogens with zero attached hydrogens (tertiary/aromatic N) is 2. The average Bonchev–Trinajstić information content (AvgIpc) is 2.72. The van der Waals surface area contributed by atoms with Crippen LogP contribution in [0.2, 0.25) is 0 Å². The first-order valence-corrected chi connectivity index (χ1v) is 10.1. The highest BCUT2D eigenvalue weighted by molar-refractivity contribution is 9.10. The average molecular weight is 454 g/mol. The van der Waals surface area contributed by atoms with Crippen LogP contribution in [0.15, 0.2) is 53.1 Å². The molecular weight excluding hydrogens is 434 g/mol. The number of rotatable bonds is 6. The number of nitrogens with one attached hydrogen (secondary N) is 3. The van der Waals surface area contributed by atoms with Gasteiger partial charge in [0.2, 0.25) is 5.95 Å². The largest absolute Gasteiger partial charge is 0.508 e. The van der Waals surface area contributed by atoms with Gasteiger partial charge in [-0.25, -0.2) is 4.98 Å². The zero-order valence-electron chi connectivity index (χ0n) is 15.6. The summed E-state index contributed by atoms with van der Waals surface area (Å²) in [5, 5.41) is 19.2. The summed E-state index contributed by atoms with van der Waals surface area (Å²) in [6.45, 7) is 1.26. The van der Waals surface area contributed by atoms with Crippen LogP contribution in [0, 0.1) is 0 Å². The normalized spacial score (nSPS) is 12.8. The molecule has 4 N–H and O–H groups in total. The lowest BCUT2D eigenvalue weighted by molar-refractivity contribution is 0.0946. The Morgan fingerprint density at radius 3 is 2.93 bits per heavy atom. The molecule has 0 saturated heterocycles. The van der Waals surface area contributed by atoms with E-state index in [0.29, 0.717) is 42.6 Å². The highest BCUT2D eigenvalue weighted by Crippen LogP contribution is 2.24. The van der Waals surface area contributed by atoms with E-state index in [1.54, 1.807) is 18.3 Å². The summed E-state index contributed by atoms with van der Waals surface area (Å²) < 4.78 is 0.752. The topological polar surface area (TPSA) is 99.2 Å². The van der Waals surface area contributed by atoms with Crippen molar-refractivity contribution in [2.45, 2.75) is 12.8 Å². The molecule has 0 saturated carbocycles. The summed E-state index contributed by atoms with van der Waals surface area (Å²) in [7, 11) is 0. The van der Waals surface area contributed by atoms with Gasteiger partial charge < -0.3 is 21.1 Å². The molecule has 3 aromatic rings. The Hall–Kier alpha value is -3.13. The smallest absolute Gasteiger partial charge is 0.251 e. The van der Waals surface area contributed by atoms with Crippen molar-refractivity contribution in [2.24, 2.45) is 0 Å². The molecule has 1 aromatic heterocycles. The van der Waals surface area contributed by atoms with Crippen molar-refractivity contribution in [1.29, 1.82) is 0 Å². The molecular formula is C21H20BrN5O2. The number of anilines is 3. The maximum absolute atomic E-state index is 11.9. The molecule has 148 valence electrons. The van der Waals surface area contributed by atoms with E-state index in [4.69, 9.17) is 0 Å². The standard InChI is InChI=1S/C21H20BrN5O2/c22-17-12-25-21(26-15-5-6-16-14(11-15)8-10-24-20(16)29)27-19(17)23-9-7-13-3-1-2-4-18(13)28/h1-6,11-12,28H,7-10H2,(H,24,29)(H2,23,25,26,27). The number of hydrogen-bond donors (Lipinski definition) is 4. The van der Waals surface area contributed by atoms with Crippen molar-refractivity contribution in [3.05, 3.63) is 69.8 Å². The third-order valence-electron chi connectivity index (χ3n) is 4.71. The second-order valence-corrected chi connectivity index (χ2v) is 7.55. The molecule has 7 nitrogen and oxygen atoms in total. The van der Waals surface area contributed by atoms with E-state index in [1.807, 2.05) is 30.3 Å². The van der Waals surface area contributed by atoms with Gasteiger partial charge >= 0.3 is 0 Å². The molecule has 8 heteroatoms. The quantitative estimate of drug-likeness (QED) is 0.454. The number of para-hydroxylation sites is 1. The van der Waals surface area contributed by atoms with Gasteiger partial charge in [0.15, 0.2) is 0 Å². The fourth-order valence-electron chi connectivity index (χ4n) is 3.22. The van der Waals surface area contributed by atoms with Gasteiger partial charge in [0, 0.05) is 30.5 Å². The summed E-state index contributed by atoms with van der Waals surface area (Å²) in [4.78, 5) is 20.7. The summed E-state index contributed by atoms with van der Waals surface area (Å²) >= 11 is 3.46. The molecule has 2 aromatic carbocycles. The number of halogens is 1. The summed E-state index contributed by atoms with van der Waals surface area (Å²) in [6.07, 6.45) is 3.15. The fraction of sp³-hybridized carbons (Fsp3) is 0.190. The van der Waals surface area contributed by atoms with E-state index < -0.39 is 0 Å². The van der Waals surface area contributed by atoms with E-state index in [2.05, 4.69) is 41.8 Å². The summed E-state index contributed by atoms with van der Waals surface area (Å²) in [5.41, 5.74) is 3.43. The zero-order chi connectivity index (χ0) is 20.2. The molecule has 0 aliphatic carbocycles. The van der Waals surface area contributed by atoms with Crippen molar-refractivity contribution in [3.8, 4) is 5.75 Å². The van der Waals surface area contributed by atoms with Crippen molar-refractivity contribution in [1.82, 2.24) is 15.3 Å². The number of amides is 1. The van der Waals surface area contributed by atoms with Crippen LogP contribution in [-0.2, 0) is 12.8 Å². The lowest BCUT2D eigenvalue weighted by Crippen LogP contribution is -2.31. The second-order valence-electron chi connectivity index (χ2n) is 6.70. The van der Waals surface area contributed by atoms with E-state index >= 15 is 0 Å². The first-order valence-electron chi connectivity index (χ1n) is 9.31. The lowest BCUT2D eigenvalue weighted by atomic mass is 10.00. The molecule has 4 rings (SSSR count). The molecule has 0 spiro atoms. The Bertz CT molecular complexity index is 1060. The predicted molar refractivity (Wildman–Crippen MR) is 116 cm³/mol. The van der Waals surface area contributed by atoms with Gasteiger partial charge in [0.1, 0.15) is 11.6 Å². The van der Waals surface area contributed by atoms with Crippen LogP contribution in [-0.4, -0.2) is 34.1 Å². The van der Waals surface area contributed by atoms with Crippen LogP contribution in [0.25, 0.3) is 0 Å². The van der Waals surface area contributed by atoms with Crippen LogP contribution in [0.4, 0.5) is 17.5 Å². The van der Waals surface area contributed by atoms with Crippen LogP contribution < -0.4 is 16.0 Å². The Balaban J connectivity index is 1.44. The summed E-state index contributed by atoms with van der Waals surface area (Å²) in [5.74, 6) is 1.38. The van der Waals surface area contributed by atoms with Crippen LogP contribution in [0.5, 0.6) is 5.75 Å². The van der Waals surface area contributed by atoms with Crippen molar-refractivity contribution in [3.63, 3.8) is 0 Å². The number of hydrogen-bond acceptors (Lipinski definition) is 6. The molecule has 0 radical (unpaired) electrons. The maximum Gasteiger partial charge on any atom is 0.251 e. The van der Waals surface area contributed by atoms with Crippen LogP contribution in [0.3, 0.4) is 0 Å². The molecule has 0 unspecified atom stereocenters. The third kappa shape index (κ3) is 4.48. The Kier molecular flexibility index (Phi) is 5.62. The highest BCUT2D eigenvalue weighted by atomic mass is 79.9. The maximum atomic E-state index is 11.9. The number of fused-ring (bicyclic) bond motifs is 1. The Labute approximate surface area is 176 Å². The first-order chi connectivity index (χ1) is 14.1. The van der Waals surface area contributed by atoms with Gasteiger partial charge in [-0.3, -0.25) is 4.79 Å². The first kappa shape index (κ1) is 19.2. The van der Waals surface area contributed by atoms with Crippen LogP contribution >= 0.6 is 15.9 Å². The number of carbonyl (C=O) groups excluding carboxylic acids is 1. The number of phenols is 1. The SMILES string of the molecule is O=C1NCCc2cc(Nc3ncc(Br)c(NCCc4ccccc4O)n3)ccc21. The molecule has 1 aliphatic rings. The van der Waals surface area contributed by atoms with Gasteiger partial charge in [-0.2, -0.15) is 4.98 Å².